The second-order valence-electron chi connectivity index (χ2n) is 3.51. The predicted molar refractivity (Wildman–Crippen MR) is 69.5 cm³/mol. The van der Waals surface area contributed by atoms with Crippen molar-refractivity contribution in [3.63, 3.8) is 0 Å². The molecule has 2 nitrogen and oxygen atoms in total. The normalized spacial score (nSPS) is 10.2. The minimum absolute atomic E-state index is 0.715. The number of nitrogens with zero attached hydrogens (tertiary/aromatic N) is 1. The van der Waals surface area contributed by atoms with Crippen molar-refractivity contribution < 1.29 is 0 Å². The average Bonchev–Trinajstić information content (AvgIpc) is 2.33. The molecule has 2 aromatic rings. The molecule has 0 bridgehead atoms. The number of benzene rings is 1. The number of anilines is 1. The molecule has 0 amide bonds. The third-order valence-electron chi connectivity index (χ3n) is 2.24. The predicted octanol–water partition coefficient (Wildman–Crippen LogP) is 3.00. The zero-order valence-corrected chi connectivity index (χ0v) is 9.78. The topological polar surface area (TPSA) is 38.9 Å². The van der Waals surface area contributed by atoms with Crippen LogP contribution < -0.4 is 5.73 Å². The molecule has 0 radical (unpaired) electrons. The van der Waals surface area contributed by atoms with Crippen molar-refractivity contribution in [1.29, 1.82) is 0 Å². The van der Waals surface area contributed by atoms with Crippen molar-refractivity contribution in [2.24, 2.45) is 0 Å². The summed E-state index contributed by atoms with van der Waals surface area (Å²) in [5.41, 5.74) is 7.66. The summed E-state index contributed by atoms with van der Waals surface area (Å²) < 4.78 is 0. The minimum Gasteiger partial charge on any atom is -0.397 e. The van der Waals surface area contributed by atoms with Crippen molar-refractivity contribution in [3.8, 4) is 0 Å². The molecule has 0 saturated carbocycles. The molecule has 0 unspecified atom stereocenters. The van der Waals surface area contributed by atoms with Gasteiger partial charge >= 0.3 is 0 Å². The molecule has 1 aromatic heterocycles. The molecule has 0 saturated heterocycles. The number of aryl methyl sites for hydroxylation is 1. The molecular formula is C13H14N2S. The van der Waals surface area contributed by atoms with Gasteiger partial charge in [-0.3, -0.25) is 0 Å². The van der Waals surface area contributed by atoms with E-state index in [0.29, 0.717) is 5.69 Å². The first kappa shape index (κ1) is 11.0. The van der Waals surface area contributed by atoms with Crippen LogP contribution in [0.3, 0.4) is 0 Å². The highest BCUT2D eigenvalue weighted by Crippen LogP contribution is 2.17. The minimum atomic E-state index is 0.715. The SMILES string of the molecule is Nc1ccc(SCCc2ccccc2)nc1. The van der Waals surface area contributed by atoms with E-state index in [4.69, 9.17) is 5.73 Å². The molecular weight excluding hydrogens is 216 g/mol. The van der Waals surface area contributed by atoms with Crippen LogP contribution >= 0.6 is 11.8 Å². The van der Waals surface area contributed by atoms with E-state index in [2.05, 4.69) is 29.2 Å². The number of nitrogen functional groups attached to an aromatic ring is 1. The van der Waals surface area contributed by atoms with Crippen LogP contribution in [0.15, 0.2) is 53.7 Å². The molecule has 2 rings (SSSR count). The van der Waals surface area contributed by atoms with Crippen molar-refractivity contribution >= 4 is 17.4 Å². The zero-order chi connectivity index (χ0) is 11.2. The Labute approximate surface area is 99.9 Å². The fourth-order valence-corrected chi connectivity index (χ4v) is 2.23. The van der Waals surface area contributed by atoms with Crippen molar-refractivity contribution in [1.82, 2.24) is 4.98 Å². The molecule has 2 N–H and O–H groups in total. The number of rotatable bonds is 4. The van der Waals surface area contributed by atoms with Crippen molar-refractivity contribution in [2.45, 2.75) is 11.4 Å². The van der Waals surface area contributed by atoms with E-state index in [1.807, 2.05) is 18.2 Å². The van der Waals surface area contributed by atoms with Gasteiger partial charge in [-0.25, -0.2) is 4.98 Å². The van der Waals surface area contributed by atoms with Crippen LogP contribution in [-0.2, 0) is 6.42 Å². The Morgan fingerprint density at radius 1 is 1.06 bits per heavy atom. The maximum absolute atomic E-state index is 5.57. The number of hydrogen-bond acceptors (Lipinski definition) is 3. The average molecular weight is 230 g/mol. The monoisotopic (exact) mass is 230 g/mol. The second kappa shape index (κ2) is 5.56. The molecule has 3 heteroatoms. The van der Waals surface area contributed by atoms with E-state index in [1.54, 1.807) is 18.0 Å². The molecule has 1 heterocycles. The molecule has 0 aliphatic carbocycles. The smallest absolute Gasteiger partial charge is 0.0961 e. The van der Waals surface area contributed by atoms with Crippen LogP contribution in [0.1, 0.15) is 5.56 Å². The highest BCUT2D eigenvalue weighted by atomic mass is 32.2. The Hall–Kier alpha value is -1.48. The molecule has 0 fully saturated rings. The summed E-state index contributed by atoms with van der Waals surface area (Å²) >= 11 is 1.76. The van der Waals surface area contributed by atoms with Gasteiger partial charge < -0.3 is 5.73 Å². The van der Waals surface area contributed by atoms with Gasteiger partial charge in [0.1, 0.15) is 0 Å². The summed E-state index contributed by atoms with van der Waals surface area (Å²) in [5, 5.41) is 1.03. The number of aromatic nitrogens is 1. The Balaban J connectivity index is 1.82. The lowest BCUT2D eigenvalue weighted by Crippen LogP contribution is -1.90. The molecule has 1 aromatic carbocycles. The Kier molecular flexibility index (Phi) is 3.83. The second-order valence-corrected chi connectivity index (χ2v) is 4.63. The van der Waals surface area contributed by atoms with Gasteiger partial charge in [0.25, 0.3) is 0 Å². The van der Waals surface area contributed by atoms with Gasteiger partial charge in [-0.1, -0.05) is 30.3 Å². The maximum atomic E-state index is 5.57. The number of nitrogens with two attached hydrogens (primary N) is 1. The van der Waals surface area contributed by atoms with E-state index in [9.17, 15) is 0 Å². The fraction of sp³-hybridized carbons (Fsp3) is 0.154. The summed E-state index contributed by atoms with van der Waals surface area (Å²) in [6, 6.07) is 14.3. The Morgan fingerprint density at radius 3 is 2.56 bits per heavy atom. The first-order chi connectivity index (χ1) is 7.84. The fourth-order valence-electron chi connectivity index (χ4n) is 1.40. The summed E-state index contributed by atoms with van der Waals surface area (Å²) in [7, 11) is 0. The van der Waals surface area contributed by atoms with Gasteiger partial charge in [0.15, 0.2) is 0 Å². The van der Waals surface area contributed by atoms with Crippen LogP contribution in [0, 0.1) is 0 Å². The number of hydrogen-bond donors (Lipinski definition) is 1. The standard InChI is InChI=1S/C13H14N2S/c14-12-6-7-13(15-10-12)16-9-8-11-4-2-1-3-5-11/h1-7,10H,8-9,14H2. The van der Waals surface area contributed by atoms with Crippen LogP contribution in [0.2, 0.25) is 0 Å². The van der Waals surface area contributed by atoms with Crippen molar-refractivity contribution in [2.75, 3.05) is 11.5 Å². The van der Waals surface area contributed by atoms with E-state index in [1.165, 1.54) is 5.56 Å². The van der Waals surface area contributed by atoms with Gasteiger partial charge in [0.2, 0.25) is 0 Å². The maximum Gasteiger partial charge on any atom is 0.0961 e. The molecule has 0 aliphatic heterocycles. The summed E-state index contributed by atoms with van der Waals surface area (Å²) in [6.07, 6.45) is 2.77. The van der Waals surface area contributed by atoms with E-state index < -0.39 is 0 Å². The van der Waals surface area contributed by atoms with E-state index in [0.717, 1.165) is 17.2 Å². The largest absolute Gasteiger partial charge is 0.397 e. The summed E-state index contributed by atoms with van der Waals surface area (Å²) in [6.45, 7) is 0. The summed E-state index contributed by atoms with van der Waals surface area (Å²) in [4.78, 5) is 4.25. The lowest BCUT2D eigenvalue weighted by molar-refractivity contribution is 1.11. The van der Waals surface area contributed by atoms with Gasteiger partial charge in [-0.15, -0.1) is 11.8 Å². The van der Waals surface area contributed by atoms with Gasteiger partial charge in [-0.2, -0.15) is 0 Å². The number of thioether (sulfide) groups is 1. The first-order valence-electron chi connectivity index (χ1n) is 5.23. The van der Waals surface area contributed by atoms with E-state index in [-0.39, 0.29) is 0 Å². The lowest BCUT2D eigenvalue weighted by atomic mass is 10.2. The van der Waals surface area contributed by atoms with Gasteiger partial charge in [0, 0.05) is 5.75 Å². The summed E-state index contributed by atoms with van der Waals surface area (Å²) in [5.74, 6) is 1.04. The van der Waals surface area contributed by atoms with Crippen molar-refractivity contribution in [3.05, 3.63) is 54.2 Å². The molecule has 0 aliphatic rings. The van der Waals surface area contributed by atoms with Crippen LogP contribution in [0.4, 0.5) is 5.69 Å². The third-order valence-corrected chi connectivity index (χ3v) is 3.19. The highest BCUT2D eigenvalue weighted by Gasteiger charge is 1.96. The van der Waals surface area contributed by atoms with Gasteiger partial charge in [-0.05, 0) is 24.1 Å². The Morgan fingerprint density at radius 2 is 1.88 bits per heavy atom. The Bertz CT molecular complexity index is 425. The number of pyridine rings is 1. The quantitative estimate of drug-likeness (QED) is 0.821. The molecule has 16 heavy (non-hydrogen) atoms. The van der Waals surface area contributed by atoms with Crippen LogP contribution in [-0.4, -0.2) is 10.7 Å². The zero-order valence-electron chi connectivity index (χ0n) is 8.97. The first-order valence-corrected chi connectivity index (χ1v) is 6.21. The lowest BCUT2D eigenvalue weighted by Gasteiger charge is -2.01. The third kappa shape index (κ3) is 3.28. The van der Waals surface area contributed by atoms with E-state index >= 15 is 0 Å². The highest BCUT2D eigenvalue weighted by molar-refractivity contribution is 7.99. The molecule has 0 atom stereocenters. The van der Waals surface area contributed by atoms with Crippen LogP contribution in [0.5, 0.6) is 0 Å². The molecule has 0 spiro atoms. The molecule has 82 valence electrons. The van der Waals surface area contributed by atoms with Gasteiger partial charge in [0.05, 0.1) is 16.9 Å². The van der Waals surface area contributed by atoms with Crippen LogP contribution in [0.25, 0.3) is 0 Å².